The molecular weight excluding hydrogens is 851 g/mol. The Morgan fingerprint density at radius 2 is 1.30 bits per heavy atom. The third-order valence-electron chi connectivity index (χ3n) is 12.9. The minimum absolute atomic E-state index is 0.234. The molecule has 342 valence electrons. The number of imidazole rings is 2. The van der Waals surface area contributed by atoms with Crippen LogP contribution >= 0.6 is 0 Å². The van der Waals surface area contributed by atoms with Gasteiger partial charge in [-0.15, -0.1) is 0 Å². The van der Waals surface area contributed by atoms with Crippen molar-refractivity contribution in [3.05, 3.63) is 121 Å². The molecule has 0 spiro atoms. The smallest absolute Gasteiger partial charge is 0.407 e. The van der Waals surface area contributed by atoms with E-state index in [1.165, 1.54) is 14.2 Å². The summed E-state index contributed by atoms with van der Waals surface area (Å²) in [6, 6.07) is 26.1. The summed E-state index contributed by atoms with van der Waals surface area (Å²) in [5.74, 6) is -3.37. The van der Waals surface area contributed by atoms with Crippen LogP contribution in [0.3, 0.4) is 0 Å². The number of alkyl halides is 2. The Kier molecular flexibility index (Phi) is 12.5. The van der Waals surface area contributed by atoms with Gasteiger partial charge < -0.3 is 44.6 Å². The van der Waals surface area contributed by atoms with E-state index in [4.69, 9.17) is 19.2 Å². The first-order valence-corrected chi connectivity index (χ1v) is 22.0. The Morgan fingerprint density at radius 3 is 1.98 bits per heavy atom. The van der Waals surface area contributed by atoms with E-state index in [1.54, 1.807) is 29.4 Å². The van der Waals surface area contributed by atoms with Crippen molar-refractivity contribution in [3.63, 3.8) is 0 Å². The molecule has 4 amide bonds. The van der Waals surface area contributed by atoms with Crippen LogP contribution in [-0.2, 0) is 23.8 Å². The van der Waals surface area contributed by atoms with Gasteiger partial charge in [-0.1, -0.05) is 78.9 Å². The fraction of sp³-hybridized carbons (Fsp3) is 0.347. The summed E-state index contributed by atoms with van der Waals surface area (Å²) in [7, 11) is 2.46. The van der Waals surface area contributed by atoms with Crippen molar-refractivity contribution in [3.8, 4) is 33.6 Å². The number of benzene rings is 4. The Hall–Kier alpha value is -7.14. The van der Waals surface area contributed by atoms with Crippen LogP contribution in [-0.4, -0.2) is 106 Å². The summed E-state index contributed by atoms with van der Waals surface area (Å²) in [5.41, 5.74) is 5.78. The van der Waals surface area contributed by atoms with E-state index in [0.29, 0.717) is 49.7 Å². The quantitative estimate of drug-likeness (QED) is 0.0998. The van der Waals surface area contributed by atoms with Crippen LogP contribution in [0.15, 0.2) is 103 Å². The highest BCUT2D eigenvalue weighted by Crippen LogP contribution is 2.42. The number of alkyl carbamates (subject to hydrolysis) is 2. The SMILES string of the molecule is COC(=O)N[C@H](C(=O)N1CC(F)(F)C[C@H]1c1ncc(-c2ccc(-c3ccc4cc(-c5cnc(C6CCCN6C(=O)[C@H](NC(=O)OC)c6ccccc6)[nH]5)ccc4c3)cc2)[nH]1)C1CCOCC1. The van der Waals surface area contributed by atoms with Crippen LogP contribution in [0.25, 0.3) is 44.4 Å². The molecule has 0 aliphatic carbocycles. The summed E-state index contributed by atoms with van der Waals surface area (Å²) >= 11 is 0. The molecule has 5 heterocycles. The molecule has 1 unspecified atom stereocenters. The van der Waals surface area contributed by atoms with Gasteiger partial charge in [0.1, 0.15) is 23.7 Å². The van der Waals surface area contributed by atoms with Gasteiger partial charge in [-0.3, -0.25) is 9.59 Å². The normalized spacial score (nSPS) is 19.3. The molecule has 0 saturated carbocycles. The summed E-state index contributed by atoms with van der Waals surface area (Å²) in [5, 5.41) is 7.36. The molecule has 4 atom stereocenters. The highest BCUT2D eigenvalue weighted by atomic mass is 19.3. The first kappa shape index (κ1) is 44.1. The van der Waals surface area contributed by atoms with Crippen molar-refractivity contribution in [2.45, 2.75) is 62.2 Å². The van der Waals surface area contributed by atoms with E-state index in [1.807, 2.05) is 48.5 Å². The molecule has 3 aliphatic rings. The van der Waals surface area contributed by atoms with Gasteiger partial charge in [0.25, 0.3) is 11.8 Å². The molecule has 2 aromatic heterocycles. The Labute approximate surface area is 379 Å². The number of aromatic amines is 2. The molecule has 3 saturated heterocycles. The van der Waals surface area contributed by atoms with Gasteiger partial charge in [0.2, 0.25) is 5.91 Å². The lowest BCUT2D eigenvalue weighted by atomic mass is 9.90. The second kappa shape index (κ2) is 18.8. The number of fused-ring (bicyclic) bond motifs is 1. The molecule has 66 heavy (non-hydrogen) atoms. The highest BCUT2D eigenvalue weighted by molar-refractivity contribution is 5.91. The third-order valence-corrected chi connectivity index (χ3v) is 12.9. The van der Waals surface area contributed by atoms with Crippen LogP contribution < -0.4 is 10.6 Å². The van der Waals surface area contributed by atoms with E-state index >= 15 is 8.78 Å². The molecule has 15 nitrogen and oxygen atoms in total. The van der Waals surface area contributed by atoms with Crippen molar-refractivity contribution in [2.75, 3.05) is 40.5 Å². The lowest BCUT2D eigenvalue weighted by molar-refractivity contribution is -0.138. The number of carbonyl (C=O) groups excluding carboxylic acids is 4. The second-order valence-electron chi connectivity index (χ2n) is 17.0. The van der Waals surface area contributed by atoms with Crippen LogP contribution in [0.1, 0.15) is 67.4 Å². The maximum Gasteiger partial charge on any atom is 0.407 e. The molecule has 17 heteroatoms. The van der Waals surface area contributed by atoms with Gasteiger partial charge in [0.05, 0.1) is 56.6 Å². The zero-order valence-corrected chi connectivity index (χ0v) is 36.5. The number of likely N-dealkylation sites (tertiary alicyclic amines) is 2. The van der Waals surface area contributed by atoms with Crippen molar-refractivity contribution in [1.82, 2.24) is 40.4 Å². The molecule has 4 aromatic carbocycles. The van der Waals surface area contributed by atoms with Crippen molar-refractivity contribution < 1.29 is 42.2 Å². The number of aromatic nitrogens is 4. The maximum absolute atomic E-state index is 15.0. The highest BCUT2D eigenvalue weighted by Gasteiger charge is 2.51. The first-order valence-electron chi connectivity index (χ1n) is 22.0. The zero-order chi connectivity index (χ0) is 46.0. The molecule has 0 bridgehead atoms. The number of carbonyl (C=O) groups is 4. The number of nitrogens with zero attached hydrogens (tertiary/aromatic N) is 4. The van der Waals surface area contributed by atoms with E-state index in [2.05, 4.69) is 55.9 Å². The molecule has 3 aliphatic heterocycles. The minimum atomic E-state index is -3.15. The molecule has 6 aromatic rings. The zero-order valence-electron chi connectivity index (χ0n) is 36.5. The van der Waals surface area contributed by atoms with Gasteiger partial charge in [-0.05, 0) is 76.8 Å². The summed E-state index contributed by atoms with van der Waals surface area (Å²) in [6.07, 6.45) is 3.77. The number of nitrogens with one attached hydrogen (secondary N) is 4. The Balaban J connectivity index is 0.882. The van der Waals surface area contributed by atoms with Crippen molar-refractivity contribution in [1.29, 1.82) is 0 Å². The molecule has 3 fully saturated rings. The summed E-state index contributed by atoms with van der Waals surface area (Å²) < 4.78 is 45.1. The molecular formula is C49H50F2N8O7. The number of halogens is 2. The fourth-order valence-corrected chi connectivity index (χ4v) is 9.42. The summed E-state index contributed by atoms with van der Waals surface area (Å²) in [4.78, 5) is 71.2. The van der Waals surface area contributed by atoms with Crippen LogP contribution in [0.4, 0.5) is 18.4 Å². The largest absolute Gasteiger partial charge is 0.453 e. The average molecular weight is 901 g/mol. The predicted octanol–water partition coefficient (Wildman–Crippen LogP) is 8.11. The molecule has 9 rings (SSSR count). The summed E-state index contributed by atoms with van der Waals surface area (Å²) in [6.45, 7) is 0.540. The standard InChI is InChI=1S/C49H50F2N8O7/c1-64-47(62)56-41(31-7-4-3-5-8-31)45(60)58-20-6-9-39(58)43-52-27-38(55-43)36-17-16-34-23-33(14-15-35(34)24-36)29-10-12-30(13-11-29)37-26-53-44(54-37)40-25-49(50,51)28-59(40)46(61)42(57-48(63)65-2)32-18-21-66-22-19-32/h3-5,7-8,10-17,23-24,26-27,32,39-42H,6,9,18-22,25,28H2,1-2H3,(H,52,55)(H,53,54)(H,56,62)(H,57,63)/t39?,40-,41+,42-/m0/s1. The lowest BCUT2D eigenvalue weighted by Gasteiger charge is -2.33. The van der Waals surface area contributed by atoms with Gasteiger partial charge in [-0.25, -0.2) is 28.3 Å². The van der Waals surface area contributed by atoms with Gasteiger partial charge in [-0.2, -0.15) is 0 Å². The number of hydrogen-bond donors (Lipinski definition) is 4. The monoisotopic (exact) mass is 900 g/mol. The van der Waals surface area contributed by atoms with Crippen LogP contribution in [0, 0.1) is 5.92 Å². The van der Waals surface area contributed by atoms with E-state index < -0.39 is 55.1 Å². The van der Waals surface area contributed by atoms with Gasteiger partial charge in [0, 0.05) is 31.7 Å². The number of H-pyrrole nitrogens is 2. The second-order valence-corrected chi connectivity index (χ2v) is 17.0. The Bertz CT molecular complexity index is 2720. The fourth-order valence-electron chi connectivity index (χ4n) is 9.42. The predicted molar refractivity (Wildman–Crippen MR) is 240 cm³/mol. The topological polar surface area (TPSA) is 184 Å². The minimum Gasteiger partial charge on any atom is -0.453 e. The van der Waals surface area contributed by atoms with E-state index in [-0.39, 0.29) is 23.7 Å². The average Bonchev–Trinajstić information content (AvgIpc) is 4.19. The number of hydrogen-bond acceptors (Lipinski definition) is 9. The van der Waals surface area contributed by atoms with E-state index in [9.17, 15) is 19.2 Å². The van der Waals surface area contributed by atoms with Crippen molar-refractivity contribution in [2.24, 2.45) is 5.92 Å². The van der Waals surface area contributed by atoms with Gasteiger partial charge >= 0.3 is 12.2 Å². The van der Waals surface area contributed by atoms with Crippen LogP contribution in [0.2, 0.25) is 0 Å². The molecule has 4 N–H and O–H groups in total. The molecule has 0 radical (unpaired) electrons. The third kappa shape index (κ3) is 9.20. The number of ether oxygens (including phenoxy) is 3. The van der Waals surface area contributed by atoms with E-state index in [0.717, 1.165) is 56.5 Å². The first-order chi connectivity index (χ1) is 32.0. The maximum atomic E-state index is 15.0. The van der Waals surface area contributed by atoms with Crippen LogP contribution in [0.5, 0.6) is 0 Å². The number of methoxy groups -OCH3 is 2. The van der Waals surface area contributed by atoms with Gasteiger partial charge in [0.15, 0.2) is 0 Å². The van der Waals surface area contributed by atoms with Crippen molar-refractivity contribution >= 4 is 34.8 Å². The lowest BCUT2D eigenvalue weighted by Crippen LogP contribution is -2.53. The number of rotatable bonds is 11. The Morgan fingerprint density at radius 1 is 0.712 bits per heavy atom. The number of amides is 4.